The highest BCUT2D eigenvalue weighted by Crippen LogP contribution is 2.31. The van der Waals surface area contributed by atoms with E-state index >= 15 is 0 Å². The van der Waals surface area contributed by atoms with Crippen molar-refractivity contribution in [2.24, 2.45) is 16.8 Å². The third-order valence-electron chi connectivity index (χ3n) is 6.45. The van der Waals surface area contributed by atoms with Crippen molar-refractivity contribution >= 4 is 29.2 Å². The number of hydrogen-bond donors (Lipinski definition) is 1. The van der Waals surface area contributed by atoms with Gasteiger partial charge in [0.2, 0.25) is 5.91 Å². The molecule has 7 heteroatoms. The van der Waals surface area contributed by atoms with Crippen molar-refractivity contribution < 1.29 is 18.7 Å². The molecule has 1 aromatic rings. The number of nitrogens with zero attached hydrogens (tertiary/aromatic N) is 2. The number of ether oxygens (including phenoxy) is 1. The van der Waals surface area contributed by atoms with Gasteiger partial charge in [0, 0.05) is 31.1 Å². The number of ketones is 1. The predicted octanol–water partition coefficient (Wildman–Crippen LogP) is 5.09. The van der Waals surface area contributed by atoms with Gasteiger partial charge in [-0.3, -0.25) is 9.59 Å². The second-order valence-electron chi connectivity index (χ2n) is 9.12. The first-order valence-corrected chi connectivity index (χ1v) is 12.1. The van der Waals surface area contributed by atoms with Crippen molar-refractivity contribution in [1.82, 2.24) is 5.32 Å². The van der Waals surface area contributed by atoms with Gasteiger partial charge in [0.25, 0.3) is 0 Å². The number of Topliss-reactive ketones (excluding diaryl/α,β-unsaturated/α-hetero) is 1. The highest BCUT2D eigenvalue weighted by atomic mass is 16.5. The number of anilines is 1. The summed E-state index contributed by atoms with van der Waals surface area (Å²) in [5.74, 6) is 3.00. The van der Waals surface area contributed by atoms with Crippen LogP contribution in [0.25, 0.3) is 5.76 Å². The van der Waals surface area contributed by atoms with Crippen molar-refractivity contribution in [3.05, 3.63) is 36.7 Å². The fraction of sp³-hybridized carbons (Fsp3) is 0.577. The maximum atomic E-state index is 13.1. The zero-order valence-electron chi connectivity index (χ0n) is 20.0. The molecule has 1 amide bonds. The minimum Gasteiger partial charge on any atom is -0.493 e. The van der Waals surface area contributed by atoms with E-state index in [9.17, 15) is 9.59 Å². The third-order valence-corrected chi connectivity index (χ3v) is 6.45. The lowest BCUT2D eigenvalue weighted by molar-refractivity contribution is -0.124. The van der Waals surface area contributed by atoms with Crippen LogP contribution in [0.15, 0.2) is 40.4 Å². The summed E-state index contributed by atoms with van der Waals surface area (Å²) in [6.07, 6.45) is 13.1. The molecule has 180 valence electrons. The lowest BCUT2D eigenvalue weighted by Gasteiger charge is -2.27. The first kappa shape index (κ1) is 24.8. The van der Waals surface area contributed by atoms with Crippen molar-refractivity contribution in [2.45, 2.75) is 64.7 Å². The van der Waals surface area contributed by atoms with E-state index in [1.54, 1.807) is 26.3 Å². The van der Waals surface area contributed by atoms with Crippen LogP contribution in [0.2, 0.25) is 0 Å². The van der Waals surface area contributed by atoms with E-state index in [0.29, 0.717) is 36.3 Å². The van der Waals surface area contributed by atoms with Gasteiger partial charge in [-0.2, -0.15) is 0 Å². The lowest BCUT2D eigenvalue weighted by Crippen LogP contribution is -2.36. The Hall–Kier alpha value is -2.83. The van der Waals surface area contributed by atoms with E-state index in [4.69, 9.17) is 9.15 Å². The van der Waals surface area contributed by atoms with Gasteiger partial charge in [-0.1, -0.05) is 44.8 Å². The molecule has 0 bridgehead atoms. The number of nitrogens with one attached hydrogen (secondary N) is 1. The quantitative estimate of drug-likeness (QED) is 0.444. The Morgan fingerprint density at radius 3 is 2.76 bits per heavy atom. The normalized spacial score (nSPS) is 16.8. The van der Waals surface area contributed by atoms with E-state index in [1.165, 1.54) is 32.1 Å². The Kier molecular flexibility index (Phi) is 9.34. The number of hydrogen-bond acceptors (Lipinski definition) is 6. The molecule has 2 heterocycles. The van der Waals surface area contributed by atoms with Gasteiger partial charge in [0.15, 0.2) is 17.4 Å². The molecule has 1 aliphatic carbocycles. The summed E-state index contributed by atoms with van der Waals surface area (Å²) in [5.41, 5.74) is 0. The molecule has 1 saturated carbocycles. The van der Waals surface area contributed by atoms with E-state index in [-0.39, 0.29) is 24.2 Å². The Labute approximate surface area is 197 Å². The first-order chi connectivity index (χ1) is 16.0. The topological polar surface area (TPSA) is 84.1 Å². The van der Waals surface area contributed by atoms with Crippen molar-refractivity contribution in [2.75, 3.05) is 25.1 Å². The maximum Gasteiger partial charge on any atom is 0.228 e. The summed E-state index contributed by atoms with van der Waals surface area (Å²) in [6, 6.07) is 3.63. The van der Waals surface area contributed by atoms with Gasteiger partial charge in [-0.15, -0.1) is 0 Å². The van der Waals surface area contributed by atoms with Crippen molar-refractivity contribution in [1.29, 1.82) is 0 Å². The fourth-order valence-corrected chi connectivity index (χ4v) is 4.68. The third kappa shape index (κ3) is 7.62. The Morgan fingerprint density at radius 2 is 2.09 bits per heavy atom. The van der Waals surface area contributed by atoms with E-state index in [2.05, 4.69) is 16.9 Å². The number of amides is 1. The highest BCUT2D eigenvalue weighted by molar-refractivity contribution is 6.00. The molecule has 1 aromatic heterocycles. The molecule has 1 atom stereocenters. The number of methoxy groups -OCH3 is 1. The zero-order chi connectivity index (χ0) is 23.6. The second kappa shape index (κ2) is 12.4. The first-order valence-electron chi connectivity index (χ1n) is 12.1. The summed E-state index contributed by atoms with van der Waals surface area (Å²) < 4.78 is 11.0. The summed E-state index contributed by atoms with van der Waals surface area (Å²) in [4.78, 5) is 31.1. The molecular formula is C26H37N3O4. The molecule has 0 radical (unpaired) electrons. The molecule has 33 heavy (non-hydrogen) atoms. The van der Waals surface area contributed by atoms with Gasteiger partial charge in [-0.05, 0) is 38.2 Å². The molecule has 1 aliphatic heterocycles. The van der Waals surface area contributed by atoms with Gasteiger partial charge in [0.05, 0.1) is 13.7 Å². The molecule has 0 unspecified atom stereocenters. The van der Waals surface area contributed by atoms with Crippen molar-refractivity contribution in [3.8, 4) is 0 Å². The summed E-state index contributed by atoms with van der Waals surface area (Å²) in [6.45, 7) is 6.28. The van der Waals surface area contributed by atoms with Crippen LogP contribution in [-0.2, 0) is 14.3 Å². The standard InChI is InChI=1S/C26H37N3O4/c1-19(30)18-29(25-14-13-23(33-25)20(2)32-3)16-8-11-22(17-21-9-5-4-6-10-21)26(31)28-24-12-7-15-27-24/h7,13-15,21-22H,2,4-6,8-12,16-18H2,1,3H3,(H,27,28,31)/t22-/m0/s1. The highest BCUT2D eigenvalue weighted by Gasteiger charge is 2.26. The predicted molar refractivity (Wildman–Crippen MR) is 131 cm³/mol. The van der Waals surface area contributed by atoms with E-state index < -0.39 is 0 Å². The van der Waals surface area contributed by atoms with Crippen LogP contribution < -0.4 is 10.2 Å². The minimum absolute atomic E-state index is 0.0572. The van der Waals surface area contributed by atoms with E-state index in [0.717, 1.165) is 25.1 Å². The van der Waals surface area contributed by atoms with Gasteiger partial charge in [-0.25, -0.2) is 4.99 Å². The van der Waals surface area contributed by atoms with Gasteiger partial charge in [0.1, 0.15) is 11.6 Å². The maximum absolute atomic E-state index is 13.1. The number of aliphatic imine (C=N–C) groups is 1. The summed E-state index contributed by atoms with van der Waals surface area (Å²) in [5, 5.41) is 3.03. The van der Waals surface area contributed by atoms with Crippen LogP contribution in [0.3, 0.4) is 0 Å². The average Bonchev–Trinajstić information content (AvgIpc) is 3.50. The van der Waals surface area contributed by atoms with Crippen LogP contribution in [0.1, 0.15) is 70.5 Å². The molecule has 0 aromatic carbocycles. The molecule has 1 fully saturated rings. The molecule has 3 rings (SSSR count). The van der Waals surface area contributed by atoms with Gasteiger partial charge >= 0.3 is 0 Å². The molecule has 2 aliphatic rings. The van der Waals surface area contributed by atoms with Crippen LogP contribution >= 0.6 is 0 Å². The summed E-state index contributed by atoms with van der Waals surface area (Å²) in [7, 11) is 1.54. The molecular weight excluding hydrogens is 418 g/mol. The number of carbonyl (C=O) groups is 2. The SMILES string of the molecule is C=C(OC)c1ccc(N(CCC[C@@H](CC2CCCCC2)C(=O)NC2=NC=CC2)CC(C)=O)o1. The Bertz CT molecular complexity index is 880. The smallest absolute Gasteiger partial charge is 0.228 e. The largest absolute Gasteiger partial charge is 0.493 e. The van der Waals surface area contributed by atoms with Gasteiger partial charge < -0.3 is 19.4 Å². The average molecular weight is 456 g/mol. The molecule has 7 nitrogen and oxygen atoms in total. The Balaban J connectivity index is 1.62. The number of amidine groups is 1. The lowest BCUT2D eigenvalue weighted by atomic mass is 9.81. The van der Waals surface area contributed by atoms with Crippen LogP contribution in [0, 0.1) is 11.8 Å². The molecule has 1 N–H and O–H groups in total. The monoisotopic (exact) mass is 455 g/mol. The number of carbonyl (C=O) groups excluding carboxylic acids is 2. The minimum atomic E-state index is -0.0593. The van der Waals surface area contributed by atoms with Crippen molar-refractivity contribution in [3.63, 3.8) is 0 Å². The zero-order valence-corrected chi connectivity index (χ0v) is 20.0. The van der Waals surface area contributed by atoms with Crippen LogP contribution in [-0.4, -0.2) is 37.7 Å². The molecule has 0 spiro atoms. The molecule has 0 saturated heterocycles. The number of rotatable bonds is 12. The van der Waals surface area contributed by atoms with E-state index in [1.807, 2.05) is 17.0 Å². The number of furan rings is 1. The van der Waals surface area contributed by atoms with Crippen LogP contribution in [0.4, 0.5) is 5.88 Å². The second-order valence-corrected chi connectivity index (χ2v) is 9.12. The van der Waals surface area contributed by atoms with Crippen LogP contribution in [0.5, 0.6) is 0 Å². The Morgan fingerprint density at radius 1 is 1.30 bits per heavy atom. The fourth-order valence-electron chi connectivity index (χ4n) is 4.68. The summed E-state index contributed by atoms with van der Waals surface area (Å²) >= 11 is 0.